The van der Waals surface area contributed by atoms with Gasteiger partial charge in [-0.15, -0.1) is 0 Å². The summed E-state index contributed by atoms with van der Waals surface area (Å²) in [6, 6.07) is 21.4. The van der Waals surface area contributed by atoms with E-state index < -0.39 is 0 Å². The Kier molecular flexibility index (Phi) is 5.38. The van der Waals surface area contributed by atoms with Crippen LogP contribution in [0, 0.1) is 0 Å². The van der Waals surface area contributed by atoms with Gasteiger partial charge in [0.1, 0.15) is 0 Å². The summed E-state index contributed by atoms with van der Waals surface area (Å²) in [5.74, 6) is 0. The molecule has 0 unspecified atom stereocenters. The number of hydrogen-bond acceptors (Lipinski definition) is 1. The van der Waals surface area contributed by atoms with Gasteiger partial charge in [-0.3, -0.25) is 0 Å². The molecule has 0 fully saturated rings. The Labute approximate surface area is 111 Å². The van der Waals surface area contributed by atoms with Crippen LogP contribution in [-0.2, 0) is 6.54 Å². The standard InChI is InChI=1S/C16H20NP/c1-18(16-10-6-3-7-11-16)13-12-17-14-15-8-4-2-5-9-15/h2-11,17H,12-14H2,1H3/t18-/m1/s1. The first-order chi connectivity index (χ1) is 8.86. The van der Waals surface area contributed by atoms with Crippen molar-refractivity contribution in [3.8, 4) is 0 Å². The molecule has 2 rings (SSSR count). The maximum absolute atomic E-state index is 3.52. The van der Waals surface area contributed by atoms with Crippen molar-refractivity contribution in [3.63, 3.8) is 0 Å². The van der Waals surface area contributed by atoms with Gasteiger partial charge in [-0.25, -0.2) is 0 Å². The summed E-state index contributed by atoms with van der Waals surface area (Å²) < 4.78 is 0. The Morgan fingerprint density at radius 2 is 1.50 bits per heavy atom. The monoisotopic (exact) mass is 257 g/mol. The van der Waals surface area contributed by atoms with E-state index in [1.807, 2.05) is 0 Å². The third kappa shape index (κ3) is 4.25. The van der Waals surface area contributed by atoms with Crippen LogP contribution in [0.15, 0.2) is 60.7 Å². The van der Waals surface area contributed by atoms with Crippen LogP contribution in [0.4, 0.5) is 0 Å². The molecule has 0 saturated heterocycles. The Hall–Kier alpha value is -1.17. The quantitative estimate of drug-likeness (QED) is 0.619. The SMILES string of the molecule is C[P@](CCNCc1ccccc1)c1ccccc1. The predicted octanol–water partition coefficient (Wildman–Crippen LogP) is 3.21. The minimum atomic E-state index is -0.0187. The summed E-state index contributed by atoms with van der Waals surface area (Å²) >= 11 is 0. The van der Waals surface area contributed by atoms with Crippen molar-refractivity contribution in [2.75, 3.05) is 19.4 Å². The molecule has 0 radical (unpaired) electrons. The predicted molar refractivity (Wildman–Crippen MR) is 81.9 cm³/mol. The highest BCUT2D eigenvalue weighted by Crippen LogP contribution is 2.27. The summed E-state index contributed by atoms with van der Waals surface area (Å²) in [5, 5.41) is 5.01. The second-order valence-electron chi connectivity index (χ2n) is 4.42. The number of rotatable bonds is 6. The Balaban J connectivity index is 1.70. The smallest absolute Gasteiger partial charge is 0.0205 e. The van der Waals surface area contributed by atoms with Crippen molar-refractivity contribution in [2.45, 2.75) is 6.54 Å². The van der Waals surface area contributed by atoms with Crippen LogP contribution in [0.25, 0.3) is 0 Å². The van der Waals surface area contributed by atoms with Gasteiger partial charge in [-0.05, 0) is 30.2 Å². The Morgan fingerprint density at radius 1 is 0.889 bits per heavy atom. The topological polar surface area (TPSA) is 12.0 Å². The molecule has 0 aromatic heterocycles. The zero-order chi connectivity index (χ0) is 12.6. The summed E-state index contributed by atoms with van der Waals surface area (Å²) in [7, 11) is -0.0187. The van der Waals surface area contributed by atoms with Crippen molar-refractivity contribution in [3.05, 3.63) is 66.2 Å². The van der Waals surface area contributed by atoms with Crippen molar-refractivity contribution in [1.82, 2.24) is 5.32 Å². The van der Waals surface area contributed by atoms with Crippen molar-refractivity contribution >= 4 is 13.2 Å². The van der Waals surface area contributed by atoms with Crippen LogP contribution >= 0.6 is 7.92 Å². The minimum absolute atomic E-state index is 0.0187. The largest absolute Gasteiger partial charge is 0.312 e. The van der Waals surface area contributed by atoms with Crippen LogP contribution in [0.2, 0.25) is 0 Å². The van der Waals surface area contributed by atoms with Crippen molar-refractivity contribution in [2.24, 2.45) is 0 Å². The summed E-state index contributed by atoms with van der Waals surface area (Å²) in [5.41, 5.74) is 1.36. The molecule has 0 amide bonds. The molecule has 94 valence electrons. The maximum atomic E-state index is 3.52. The molecule has 0 aliphatic rings. The fourth-order valence-corrected chi connectivity index (χ4v) is 3.32. The van der Waals surface area contributed by atoms with E-state index in [0.29, 0.717) is 0 Å². The van der Waals surface area contributed by atoms with Crippen molar-refractivity contribution in [1.29, 1.82) is 0 Å². The average Bonchev–Trinajstić information content (AvgIpc) is 2.45. The lowest BCUT2D eigenvalue weighted by atomic mass is 10.2. The van der Waals surface area contributed by atoms with Gasteiger partial charge in [-0.2, -0.15) is 0 Å². The third-order valence-corrected chi connectivity index (χ3v) is 5.07. The molecule has 0 aliphatic heterocycles. The van der Waals surface area contributed by atoms with E-state index in [4.69, 9.17) is 0 Å². The summed E-state index contributed by atoms with van der Waals surface area (Å²) in [6.07, 6.45) is 1.24. The number of hydrogen-bond donors (Lipinski definition) is 1. The van der Waals surface area contributed by atoms with E-state index >= 15 is 0 Å². The molecule has 2 heteroatoms. The fraction of sp³-hybridized carbons (Fsp3) is 0.250. The normalized spacial score (nSPS) is 12.3. The minimum Gasteiger partial charge on any atom is -0.312 e. The van der Waals surface area contributed by atoms with E-state index in [1.54, 1.807) is 0 Å². The molecule has 0 heterocycles. The lowest BCUT2D eigenvalue weighted by molar-refractivity contribution is 0.730. The van der Waals surface area contributed by atoms with Crippen LogP contribution in [0.3, 0.4) is 0 Å². The van der Waals surface area contributed by atoms with E-state index in [0.717, 1.165) is 13.1 Å². The third-order valence-electron chi connectivity index (χ3n) is 2.99. The van der Waals surface area contributed by atoms with E-state index in [2.05, 4.69) is 72.6 Å². The van der Waals surface area contributed by atoms with E-state index in [9.17, 15) is 0 Å². The average molecular weight is 257 g/mol. The van der Waals surface area contributed by atoms with Gasteiger partial charge in [0.25, 0.3) is 0 Å². The van der Waals surface area contributed by atoms with Gasteiger partial charge in [0, 0.05) is 6.54 Å². The maximum Gasteiger partial charge on any atom is 0.0205 e. The Bertz CT molecular complexity index is 441. The molecule has 2 aromatic carbocycles. The van der Waals surface area contributed by atoms with Crippen LogP contribution in [-0.4, -0.2) is 19.4 Å². The molecule has 0 bridgehead atoms. The second-order valence-corrected chi connectivity index (χ2v) is 6.78. The zero-order valence-electron chi connectivity index (χ0n) is 10.8. The van der Waals surface area contributed by atoms with Crippen LogP contribution in [0.5, 0.6) is 0 Å². The lowest BCUT2D eigenvalue weighted by Crippen LogP contribution is -2.18. The van der Waals surface area contributed by atoms with E-state index in [-0.39, 0.29) is 7.92 Å². The second kappa shape index (κ2) is 7.31. The zero-order valence-corrected chi connectivity index (χ0v) is 11.7. The highest BCUT2D eigenvalue weighted by atomic mass is 31.1. The van der Waals surface area contributed by atoms with Gasteiger partial charge in [0.05, 0.1) is 0 Å². The first-order valence-corrected chi connectivity index (χ1v) is 8.34. The molecular formula is C16H20NP. The lowest BCUT2D eigenvalue weighted by Gasteiger charge is -2.13. The van der Waals surface area contributed by atoms with E-state index in [1.165, 1.54) is 17.0 Å². The molecule has 0 saturated carbocycles. The van der Waals surface area contributed by atoms with Gasteiger partial charge in [0.15, 0.2) is 0 Å². The van der Waals surface area contributed by atoms with Gasteiger partial charge >= 0.3 is 0 Å². The van der Waals surface area contributed by atoms with Gasteiger partial charge in [-0.1, -0.05) is 68.6 Å². The molecular weight excluding hydrogens is 237 g/mol. The number of benzene rings is 2. The first kappa shape index (κ1) is 13.3. The van der Waals surface area contributed by atoms with Crippen LogP contribution < -0.4 is 10.6 Å². The molecule has 1 N–H and O–H groups in total. The first-order valence-electron chi connectivity index (χ1n) is 6.37. The molecule has 1 nitrogen and oxygen atoms in total. The van der Waals surface area contributed by atoms with Gasteiger partial charge in [0.2, 0.25) is 0 Å². The molecule has 2 aromatic rings. The van der Waals surface area contributed by atoms with Crippen molar-refractivity contribution < 1.29 is 0 Å². The summed E-state index contributed by atoms with van der Waals surface area (Å²) in [6.45, 7) is 4.42. The van der Waals surface area contributed by atoms with Crippen LogP contribution in [0.1, 0.15) is 5.56 Å². The Morgan fingerprint density at radius 3 is 2.17 bits per heavy atom. The fourth-order valence-electron chi connectivity index (χ4n) is 1.89. The molecule has 0 aliphatic carbocycles. The molecule has 0 spiro atoms. The molecule has 1 atom stereocenters. The summed E-state index contributed by atoms with van der Waals surface area (Å²) in [4.78, 5) is 0. The van der Waals surface area contributed by atoms with Gasteiger partial charge < -0.3 is 5.32 Å². The highest BCUT2D eigenvalue weighted by molar-refractivity contribution is 7.64. The molecule has 18 heavy (non-hydrogen) atoms. The number of nitrogens with one attached hydrogen (secondary N) is 1. The highest BCUT2D eigenvalue weighted by Gasteiger charge is 2.02.